The zero-order valence-electron chi connectivity index (χ0n) is 11.2. The van der Waals surface area contributed by atoms with Gasteiger partial charge in [-0.2, -0.15) is 13.2 Å². The number of carbonyl (C=O) groups excluding carboxylic acids is 1. The highest BCUT2D eigenvalue weighted by atomic mass is 32.1. The maximum absolute atomic E-state index is 12.3. The van der Waals surface area contributed by atoms with Gasteiger partial charge in [-0.1, -0.05) is 11.3 Å². The highest BCUT2D eigenvalue weighted by molar-refractivity contribution is 7.15. The number of amides is 1. The molecule has 0 radical (unpaired) electrons. The van der Waals surface area contributed by atoms with Gasteiger partial charge in [0.05, 0.1) is 0 Å². The maximum Gasteiger partial charge on any atom is 0.445 e. The standard InChI is InChI=1S/C10H15F3N4O2S/c1-9(2,3)19-8(18)15-5-4-14-7-17-16-6(20-7)10(11,12)13/h4-5H2,1-3H3,(H,14,17)(H,15,18). The largest absolute Gasteiger partial charge is 0.445 e. The Balaban J connectivity index is 2.28. The minimum Gasteiger partial charge on any atom is -0.444 e. The first-order chi connectivity index (χ1) is 9.08. The van der Waals surface area contributed by atoms with Crippen LogP contribution in [0, 0.1) is 0 Å². The number of rotatable bonds is 4. The Bertz CT molecular complexity index is 456. The Morgan fingerprint density at radius 1 is 1.25 bits per heavy atom. The smallest absolute Gasteiger partial charge is 0.444 e. The maximum atomic E-state index is 12.3. The second kappa shape index (κ2) is 6.25. The van der Waals surface area contributed by atoms with Crippen LogP contribution in [0.5, 0.6) is 0 Å². The van der Waals surface area contributed by atoms with E-state index < -0.39 is 22.9 Å². The molecular weight excluding hydrogens is 297 g/mol. The highest BCUT2D eigenvalue weighted by Crippen LogP contribution is 2.32. The predicted octanol–water partition coefficient (Wildman–Crippen LogP) is 2.49. The number of alkyl carbamates (subject to hydrolysis) is 1. The number of carbonyl (C=O) groups is 1. The Hall–Kier alpha value is -1.58. The van der Waals surface area contributed by atoms with Crippen LogP contribution in [-0.4, -0.2) is 35.0 Å². The molecule has 0 unspecified atom stereocenters. The van der Waals surface area contributed by atoms with Crippen molar-refractivity contribution < 1.29 is 22.7 Å². The second-order valence-electron chi connectivity index (χ2n) is 4.77. The average Bonchev–Trinajstić information content (AvgIpc) is 2.70. The van der Waals surface area contributed by atoms with Crippen molar-refractivity contribution in [2.45, 2.75) is 32.5 Å². The van der Waals surface area contributed by atoms with Gasteiger partial charge in [0, 0.05) is 13.1 Å². The summed E-state index contributed by atoms with van der Waals surface area (Å²) >= 11 is 0.406. The summed E-state index contributed by atoms with van der Waals surface area (Å²) in [5.41, 5.74) is -0.599. The van der Waals surface area contributed by atoms with Gasteiger partial charge < -0.3 is 15.4 Å². The third-order valence-electron chi connectivity index (χ3n) is 1.74. The summed E-state index contributed by atoms with van der Waals surface area (Å²) in [5, 5.41) is 10.5. The Morgan fingerprint density at radius 2 is 1.90 bits per heavy atom. The molecule has 2 N–H and O–H groups in total. The molecule has 0 aliphatic carbocycles. The number of hydrogen-bond acceptors (Lipinski definition) is 6. The molecule has 114 valence electrons. The molecule has 0 saturated heterocycles. The summed E-state index contributed by atoms with van der Waals surface area (Å²) in [6, 6.07) is 0. The highest BCUT2D eigenvalue weighted by Gasteiger charge is 2.35. The molecule has 1 aromatic rings. The van der Waals surface area contributed by atoms with E-state index in [2.05, 4.69) is 20.8 Å². The van der Waals surface area contributed by atoms with Gasteiger partial charge >= 0.3 is 12.3 Å². The zero-order chi connectivity index (χ0) is 15.4. The number of alkyl halides is 3. The van der Waals surface area contributed by atoms with Crippen molar-refractivity contribution in [1.82, 2.24) is 15.5 Å². The fourth-order valence-electron chi connectivity index (χ4n) is 1.06. The van der Waals surface area contributed by atoms with Crippen molar-refractivity contribution in [3.63, 3.8) is 0 Å². The first kappa shape index (κ1) is 16.5. The average molecular weight is 312 g/mol. The van der Waals surface area contributed by atoms with Crippen molar-refractivity contribution in [2.24, 2.45) is 0 Å². The van der Waals surface area contributed by atoms with Gasteiger partial charge in [-0.25, -0.2) is 4.79 Å². The third-order valence-corrected chi connectivity index (χ3v) is 2.66. The Labute approximate surface area is 117 Å². The molecule has 20 heavy (non-hydrogen) atoms. The normalized spacial score (nSPS) is 12.1. The molecule has 6 nitrogen and oxygen atoms in total. The molecule has 0 spiro atoms. The number of ether oxygens (including phenoxy) is 1. The van der Waals surface area contributed by atoms with Crippen LogP contribution in [0.15, 0.2) is 0 Å². The van der Waals surface area contributed by atoms with Crippen LogP contribution in [0.3, 0.4) is 0 Å². The molecule has 0 aliphatic rings. The molecule has 1 rings (SSSR count). The number of anilines is 1. The molecule has 0 atom stereocenters. The second-order valence-corrected chi connectivity index (χ2v) is 5.74. The lowest BCUT2D eigenvalue weighted by Crippen LogP contribution is -2.34. The van der Waals surface area contributed by atoms with Crippen LogP contribution in [0.2, 0.25) is 0 Å². The monoisotopic (exact) mass is 312 g/mol. The van der Waals surface area contributed by atoms with E-state index in [9.17, 15) is 18.0 Å². The fourth-order valence-corrected chi connectivity index (χ4v) is 1.69. The lowest BCUT2D eigenvalue weighted by atomic mass is 10.2. The van der Waals surface area contributed by atoms with E-state index in [1.54, 1.807) is 20.8 Å². The topological polar surface area (TPSA) is 76.1 Å². The molecule has 0 fully saturated rings. The van der Waals surface area contributed by atoms with Crippen LogP contribution >= 0.6 is 11.3 Å². The molecule has 1 aromatic heterocycles. The predicted molar refractivity (Wildman–Crippen MR) is 67.6 cm³/mol. The van der Waals surface area contributed by atoms with Gasteiger partial charge in [0.25, 0.3) is 0 Å². The minimum atomic E-state index is -4.49. The number of nitrogens with zero attached hydrogens (tertiary/aromatic N) is 2. The van der Waals surface area contributed by atoms with Crippen molar-refractivity contribution in [3.8, 4) is 0 Å². The van der Waals surface area contributed by atoms with Gasteiger partial charge in [-0.15, -0.1) is 10.2 Å². The van der Waals surface area contributed by atoms with Crippen LogP contribution in [0.25, 0.3) is 0 Å². The first-order valence-corrected chi connectivity index (χ1v) is 6.51. The van der Waals surface area contributed by atoms with E-state index in [0.29, 0.717) is 11.3 Å². The number of hydrogen-bond donors (Lipinski definition) is 2. The van der Waals surface area contributed by atoms with Gasteiger partial charge in [-0.3, -0.25) is 0 Å². The van der Waals surface area contributed by atoms with Crippen molar-refractivity contribution >= 4 is 22.6 Å². The van der Waals surface area contributed by atoms with E-state index in [1.165, 1.54) is 0 Å². The Kier molecular flexibility index (Phi) is 5.15. The van der Waals surface area contributed by atoms with Gasteiger partial charge in [0.2, 0.25) is 10.1 Å². The summed E-state index contributed by atoms with van der Waals surface area (Å²) in [6.45, 7) is 5.59. The number of nitrogens with one attached hydrogen (secondary N) is 2. The third kappa shape index (κ3) is 6.04. The van der Waals surface area contributed by atoms with Crippen molar-refractivity contribution in [3.05, 3.63) is 5.01 Å². The van der Waals surface area contributed by atoms with Crippen LogP contribution in [-0.2, 0) is 10.9 Å². The zero-order valence-corrected chi connectivity index (χ0v) is 12.0. The molecular formula is C10H15F3N4O2S. The minimum absolute atomic E-state index is 0.0447. The molecule has 0 saturated carbocycles. The molecule has 0 aliphatic heterocycles. The van der Waals surface area contributed by atoms with Gasteiger partial charge in [0.1, 0.15) is 5.60 Å². The van der Waals surface area contributed by atoms with Crippen molar-refractivity contribution in [1.29, 1.82) is 0 Å². The Morgan fingerprint density at radius 3 is 2.40 bits per heavy atom. The number of aromatic nitrogens is 2. The van der Waals surface area contributed by atoms with E-state index in [4.69, 9.17) is 4.74 Å². The van der Waals surface area contributed by atoms with E-state index in [1.807, 2.05) is 0 Å². The molecule has 0 bridgehead atoms. The summed E-state index contributed by atoms with van der Waals surface area (Å²) in [6.07, 6.45) is -5.08. The fraction of sp³-hybridized carbons (Fsp3) is 0.700. The quantitative estimate of drug-likeness (QED) is 0.835. The van der Waals surface area contributed by atoms with Crippen LogP contribution < -0.4 is 10.6 Å². The summed E-state index contributed by atoms with van der Waals surface area (Å²) in [5.74, 6) is 0. The molecule has 10 heteroatoms. The van der Waals surface area contributed by atoms with E-state index >= 15 is 0 Å². The van der Waals surface area contributed by atoms with E-state index in [0.717, 1.165) is 0 Å². The van der Waals surface area contributed by atoms with Crippen LogP contribution in [0.4, 0.5) is 23.1 Å². The van der Waals surface area contributed by atoms with Gasteiger partial charge in [-0.05, 0) is 20.8 Å². The summed E-state index contributed by atoms with van der Waals surface area (Å²) in [7, 11) is 0. The van der Waals surface area contributed by atoms with Crippen LogP contribution in [0.1, 0.15) is 25.8 Å². The molecule has 1 heterocycles. The molecule has 0 aromatic carbocycles. The molecule has 1 amide bonds. The number of halogens is 3. The SMILES string of the molecule is CC(C)(C)OC(=O)NCCNc1nnc(C(F)(F)F)s1. The van der Waals surface area contributed by atoms with Crippen molar-refractivity contribution in [2.75, 3.05) is 18.4 Å². The first-order valence-electron chi connectivity index (χ1n) is 5.69. The van der Waals surface area contributed by atoms with E-state index in [-0.39, 0.29) is 18.2 Å². The summed E-state index contributed by atoms with van der Waals surface area (Å²) < 4.78 is 41.8. The van der Waals surface area contributed by atoms with Gasteiger partial charge in [0.15, 0.2) is 0 Å². The summed E-state index contributed by atoms with van der Waals surface area (Å²) in [4.78, 5) is 11.3. The lowest BCUT2D eigenvalue weighted by molar-refractivity contribution is -0.138. The lowest BCUT2D eigenvalue weighted by Gasteiger charge is -2.19.